The van der Waals surface area contributed by atoms with Crippen molar-refractivity contribution < 1.29 is 4.74 Å². The topological polar surface area (TPSA) is 9.23 Å². The minimum absolute atomic E-state index is 0.725. The largest absolute Gasteiger partial charge is 0.479 e. The van der Waals surface area contributed by atoms with Crippen LogP contribution in [0.1, 0.15) is 12.8 Å². The van der Waals surface area contributed by atoms with E-state index in [4.69, 9.17) is 17.0 Å². The fraction of sp³-hybridized carbons (Fsp3) is 0.800. The molecule has 0 bridgehead atoms. The number of rotatable bonds is 0. The molecular formula is C5H8OS2. The summed E-state index contributed by atoms with van der Waals surface area (Å²) in [6.07, 6.45) is 2.40. The molecule has 8 heavy (non-hydrogen) atoms. The Kier molecular flexibility index (Phi) is 2.63. The first-order valence-corrected chi connectivity index (χ1v) is 4.08. The molecule has 0 aromatic heterocycles. The van der Waals surface area contributed by atoms with E-state index in [1.807, 2.05) is 0 Å². The lowest BCUT2D eigenvalue weighted by Gasteiger charge is -1.96. The maximum Gasteiger partial charge on any atom is 0.219 e. The maximum atomic E-state index is 5.10. The third-order valence-electron chi connectivity index (χ3n) is 0.979. The zero-order valence-corrected chi connectivity index (χ0v) is 6.19. The van der Waals surface area contributed by atoms with Gasteiger partial charge in [-0.2, -0.15) is 0 Å². The van der Waals surface area contributed by atoms with Crippen molar-refractivity contribution in [1.29, 1.82) is 0 Å². The van der Waals surface area contributed by atoms with Crippen LogP contribution in [-0.2, 0) is 4.74 Å². The van der Waals surface area contributed by atoms with Crippen LogP contribution in [0.4, 0.5) is 0 Å². The van der Waals surface area contributed by atoms with E-state index in [-0.39, 0.29) is 0 Å². The van der Waals surface area contributed by atoms with Gasteiger partial charge in [0.15, 0.2) is 0 Å². The third-order valence-corrected chi connectivity index (χ3v) is 2.30. The van der Waals surface area contributed by atoms with Crippen LogP contribution in [0, 0.1) is 0 Å². The van der Waals surface area contributed by atoms with Crippen LogP contribution in [0.25, 0.3) is 0 Å². The average molecular weight is 148 g/mol. The summed E-state index contributed by atoms with van der Waals surface area (Å²) in [4.78, 5) is 0. The van der Waals surface area contributed by atoms with Crippen molar-refractivity contribution in [1.82, 2.24) is 0 Å². The quantitative estimate of drug-likeness (QED) is 0.485. The molecule has 1 saturated heterocycles. The summed E-state index contributed by atoms with van der Waals surface area (Å²) in [5.41, 5.74) is 0. The van der Waals surface area contributed by atoms with Crippen LogP contribution < -0.4 is 0 Å². The number of ether oxygens (including phenoxy) is 1. The summed E-state index contributed by atoms with van der Waals surface area (Å²) < 4.78 is 5.82. The average Bonchev–Trinajstić information content (AvgIpc) is 1.94. The van der Waals surface area contributed by atoms with Crippen molar-refractivity contribution in [2.24, 2.45) is 0 Å². The number of hydrogen-bond donors (Lipinski definition) is 0. The molecule has 1 aliphatic heterocycles. The molecule has 1 heterocycles. The highest BCUT2D eigenvalue weighted by Crippen LogP contribution is 2.13. The molecule has 0 aliphatic carbocycles. The lowest BCUT2D eigenvalue weighted by molar-refractivity contribution is 0.317. The zero-order chi connectivity index (χ0) is 5.82. The first-order valence-electron chi connectivity index (χ1n) is 2.69. The number of thiocarbonyl (C=S) groups is 1. The van der Waals surface area contributed by atoms with E-state index in [9.17, 15) is 0 Å². The lowest BCUT2D eigenvalue weighted by Crippen LogP contribution is -1.93. The SMILES string of the molecule is S=C1OCCCCS1. The Morgan fingerprint density at radius 1 is 1.50 bits per heavy atom. The van der Waals surface area contributed by atoms with E-state index in [1.54, 1.807) is 11.8 Å². The second-order valence-corrected chi connectivity index (χ2v) is 3.35. The normalized spacial score (nSPS) is 21.8. The van der Waals surface area contributed by atoms with Gasteiger partial charge in [-0.15, -0.1) is 0 Å². The van der Waals surface area contributed by atoms with Gasteiger partial charge in [0.2, 0.25) is 4.38 Å². The lowest BCUT2D eigenvalue weighted by atomic mass is 10.4. The second kappa shape index (κ2) is 3.30. The molecule has 0 N–H and O–H groups in total. The minimum atomic E-state index is 0.725. The Balaban J connectivity index is 2.27. The predicted molar refractivity (Wildman–Crippen MR) is 40.2 cm³/mol. The molecule has 0 atom stereocenters. The number of thioether (sulfide) groups is 1. The summed E-state index contributed by atoms with van der Waals surface area (Å²) in [5, 5.41) is 0. The summed E-state index contributed by atoms with van der Waals surface area (Å²) in [6, 6.07) is 0. The highest BCUT2D eigenvalue weighted by Gasteiger charge is 2.02. The Hall–Kier alpha value is 0.240. The van der Waals surface area contributed by atoms with Gasteiger partial charge in [0.05, 0.1) is 6.61 Å². The van der Waals surface area contributed by atoms with Gasteiger partial charge in [0.1, 0.15) is 0 Å². The van der Waals surface area contributed by atoms with Gasteiger partial charge in [0, 0.05) is 5.75 Å². The van der Waals surface area contributed by atoms with Crippen LogP contribution in [0.3, 0.4) is 0 Å². The van der Waals surface area contributed by atoms with Gasteiger partial charge in [-0.05, 0) is 25.1 Å². The minimum Gasteiger partial charge on any atom is -0.479 e. The van der Waals surface area contributed by atoms with Crippen LogP contribution in [-0.4, -0.2) is 16.7 Å². The fourth-order valence-electron chi connectivity index (χ4n) is 0.557. The smallest absolute Gasteiger partial charge is 0.219 e. The van der Waals surface area contributed by atoms with Gasteiger partial charge in [0.25, 0.3) is 0 Å². The Labute approximate surface area is 58.8 Å². The van der Waals surface area contributed by atoms with Crippen molar-refractivity contribution >= 4 is 28.4 Å². The van der Waals surface area contributed by atoms with Gasteiger partial charge in [-0.25, -0.2) is 0 Å². The van der Waals surface area contributed by atoms with Crippen molar-refractivity contribution in [2.75, 3.05) is 12.4 Å². The molecule has 0 radical (unpaired) electrons. The molecule has 1 nitrogen and oxygen atoms in total. The number of hydrogen-bond acceptors (Lipinski definition) is 3. The van der Waals surface area contributed by atoms with E-state index < -0.39 is 0 Å². The molecule has 46 valence electrons. The van der Waals surface area contributed by atoms with Crippen LogP contribution >= 0.6 is 24.0 Å². The van der Waals surface area contributed by atoms with E-state index in [1.165, 1.54) is 6.42 Å². The summed E-state index contributed by atoms with van der Waals surface area (Å²) in [6.45, 7) is 0.825. The molecule has 0 spiro atoms. The molecule has 0 aromatic carbocycles. The van der Waals surface area contributed by atoms with Gasteiger partial charge < -0.3 is 4.74 Å². The molecule has 0 amide bonds. The van der Waals surface area contributed by atoms with Crippen LogP contribution in [0.15, 0.2) is 0 Å². The van der Waals surface area contributed by atoms with Crippen LogP contribution in [0.5, 0.6) is 0 Å². The van der Waals surface area contributed by atoms with Gasteiger partial charge in [-0.1, -0.05) is 11.8 Å². The van der Waals surface area contributed by atoms with E-state index in [0.29, 0.717) is 0 Å². The maximum absolute atomic E-state index is 5.10. The Morgan fingerprint density at radius 2 is 2.38 bits per heavy atom. The Morgan fingerprint density at radius 3 is 3.25 bits per heavy atom. The van der Waals surface area contributed by atoms with Gasteiger partial charge in [-0.3, -0.25) is 0 Å². The first-order chi connectivity index (χ1) is 3.89. The van der Waals surface area contributed by atoms with E-state index in [2.05, 4.69) is 0 Å². The van der Waals surface area contributed by atoms with Gasteiger partial charge >= 0.3 is 0 Å². The van der Waals surface area contributed by atoms with E-state index >= 15 is 0 Å². The molecule has 1 aliphatic rings. The molecule has 1 fully saturated rings. The zero-order valence-electron chi connectivity index (χ0n) is 4.55. The van der Waals surface area contributed by atoms with Crippen molar-refractivity contribution in [3.05, 3.63) is 0 Å². The molecule has 0 saturated carbocycles. The molecule has 0 unspecified atom stereocenters. The summed E-state index contributed by atoms with van der Waals surface area (Å²) in [7, 11) is 0. The summed E-state index contributed by atoms with van der Waals surface area (Å²) in [5.74, 6) is 1.14. The first kappa shape index (κ1) is 6.36. The molecular weight excluding hydrogens is 140 g/mol. The molecule has 3 heteroatoms. The van der Waals surface area contributed by atoms with Crippen molar-refractivity contribution in [2.45, 2.75) is 12.8 Å². The molecule has 0 aromatic rings. The molecule has 1 rings (SSSR count). The van der Waals surface area contributed by atoms with Crippen LogP contribution in [0.2, 0.25) is 0 Å². The summed E-state index contributed by atoms with van der Waals surface area (Å²) >= 11 is 6.48. The third kappa shape index (κ3) is 2.01. The fourth-order valence-corrected chi connectivity index (χ4v) is 1.57. The predicted octanol–water partition coefficient (Wildman–Crippen LogP) is 1.81. The Bertz CT molecular complexity index is 82.4. The van der Waals surface area contributed by atoms with Crippen molar-refractivity contribution in [3.63, 3.8) is 0 Å². The highest BCUT2D eigenvalue weighted by molar-refractivity contribution is 8.22. The standard InChI is InChI=1S/C5H8OS2/c7-5-6-3-1-2-4-8-5/h1-4H2. The second-order valence-electron chi connectivity index (χ2n) is 1.65. The van der Waals surface area contributed by atoms with E-state index in [0.717, 1.165) is 23.2 Å². The monoisotopic (exact) mass is 148 g/mol. The highest BCUT2D eigenvalue weighted by atomic mass is 32.2. The van der Waals surface area contributed by atoms with Crippen molar-refractivity contribution in [3.8, 4) is 0 Å².